The van der Waals surface area contributed by atoms with Crippen LogP contribution in [-0.2, 0) is 24.7 Å². The maximum absolute atomic E-state index is 13.3. The number of pyridine rings is 1. The summed E-state index contributed by atoms with van der Waals surface area (Å²) in [5.74, 6) is -0.294. The van der Waals surface area contributed by atoms with Crippen molar-refractivity contribution in [3.05, 3.63) is 107 Å². The Hall–Kier alpha value is -3.94. The molecule has 2 aromatic carbocycles. The van der Waals surface area contributed by atoms with Crippen LogP contribution < -0.4 is 10.6 Å². The van der Waals surface area contributed by atoms with Crippen molar-refractivity contribution < 1.29 is 9.90 Å². The Labute approximate surface area is 248 Å². The molecule has 0 saturated carbocycles. The quantitative estimate of drug-likeness (QED) is 0.199. The third-order valence-corrected chi connectivity index (χ3v) is 7.97. The Bertz CT molecular complexity index is 1530. The van der Waals surface area contributed by atoms with Crippen molar-refractivity contribution in [2.75, 3.05) is 5.32 Å². The molecule has 0 bridgehead atoms. The lowest BCUT2D eigenvalue weighted by Gasteiger charge is -2.29. The molecule has 0 radical (unpaired) electrons. The summed E-state index contributed by atoms with van der Waals surface area (Å²) in [4.78, 5) is 26.2. The minimum Gasteiger partial charge on any atom is -0.373 e. The standard InChI is InChI=1S/C35H41N5O2/c1-5-6-9-23-16-26(35(2,3)4)18-28(17-23)39-34(42)32-13-8-12-31(40-32)33(41)38-27-15-14-24-10-7-11-29(30(24)19-27)25-20-36-22-37-21-25/h7-8,10-13,16-18,20-22,27,33,38,41H,5-6,9,14-15,19H2,1-4H3,(H,39,42). The summed E-state index contributed by atoms with van der Waals surface area (Å²) in [6, 6.07) is 18.0. The number of rotatable bonds is 9. The van der Waals surface area contributed by atoms with Gasteiger partial charge in [0.2, 0.25) is 0 Å². The van der Waals surface area contributed by atoms with Crippen molar-refractivity contribution in [3.63, 3.8) is 0 Å². The minimum absolute atomic E-state index is 0.0368. The van der Waals surface area contributed by atoms with E-state index in [1.807, 2.05) is 18.5 Å². The van der Waals surface area contributed by atoms with Crippen LogP contribution in [0.3, 0.4) is 0 Å². The molecule has 1 aliphatic rings. The predicted molar refractivity (Wildman–Crippen MR) is 167 cm³/mol. The third-order valence-electron chi connectivity index (χ3n) is 7.97. The summed E-state index contributed by atoms with van der Waals surface area (Å²) < 4.78 is 0. The summed E-state index contributed by atoms with van der Waals surface area (Å²) >= 11 is 0. The van der Waals surface area contributed by atoms with E-state index in [1.54, 1.807) is 18.2 Å². The number of aliphatic hydroxyl groups is 1. The number of amides is 1. The van der Waals surface area contributed by atoms with Gasteiger partial charge in [-0.2, -0.15) is 0 Å². The molecule has 1 amide bonds. The van der Waals surface area contributed by atoms with Crippen LogP contribution in [0, 0.1) is 0 Å². The van der Waals surface area contributed by atoms with Gasteiger partial charge in [0.05, 0.1) is 5.69 Å². The van der Waals surface area contributed by atoms with Gasteiger partial charge in [-0.1, -0.05) is 64.4 Å². The number of hydrogen-bond acceptors (Lipinski definition) is 6. The number of benzene rings is 2. The highest BCUT2D eigenvalue weighted by molar-refractivity contribution is 6.03. The number of carbonyl (C=O) groups excluding carboxylic acids is 1. The first kappa shape index (κ1) is 29.5. The molecule has 2 unspecified atom stereocenters. The Kier molecular flexibility index (Phi) is 9.09. The second-order valence-electron chi connectivity index (χ2n) is 12.3. The van der Waals surface area contributed by atoms with Crippen molar-refractivity contribution in [1.82, 2.24) is 20.3 Å². The van der Waals surface area contributed by atoms with Crippen LogP contribution in [0.4, 0.5) is 5.69 Å². The predicted octanol–water partition coefficient (Wildman–Crippen LogP) is 6.57. The molecular formula is C35H41N5O2. The Morgan fingerprint density at radius 3 is 2.62 bits per heavy atom. The van der Waals surface area contributed by atoms with E-state index in [1.165, 1.54) is 28.6 Å². The van der Waals surface area contributed by atoms with E-state index >= 15 is 0 Å². The maximum Gasteiger partial charge on any atom is 0.274 e. The molecule has 2 aromatic heterocycles. The van der Waals surface area contributed by atoms with E-state index in [0.29, 0.717) is 5.69 Å². The monoisotopic (exact) mass is 563 g/mol. The third kappa shape index (κ3) is 7.09. The van der Waals surface area contributed by atoms with Crippen molar-refractivity contribution in [2.24, 2.45) is 0 Å². The van der Waals surface area contributed by atoms with Crippen LogP contribution in [0.15, 0.2) is 73.3 Å². The van der Waals surface area contributed by atoms with Gasteiger partial charge in [-0.15, -0.1) is 0 Å². The second-order valence-corrected chi connectivity index (χ2v) is 12.3. The molecule has 4 aromatic rings. The van der Waals surface area contributed by atoms with Gasteiger partial charge in [0.25, 0.3) is 5.91 Å². The number of hydrogen-bond donors (Lipinski definition) is 3. The van der Waals surface area contributed by atoms with Crippen LogP contribution >= 0.6 is 0 Å². The fourth-order valence-electron chi connectivity index (χ4n) is 5.60. The molecule has 1 aliphatic carbocycles. The SMILES string of the molecule is CCCCc1cc(NC(=O)c2cccc(C(O)NC3CCc4cccc(-c5cncnc5)c4C3)n2)cc(C(C)(C)C)c1. The van der Waals surface area contributed by atoms with Gasteiger partial charge in [-0.3, -0.25) is 10.1 Å². The zero-order chi connectivity index (χ0) is 29.7. The molecule has 0 spiro atoms. The first-order chi connectivity index (χ1) is 20.2. The van der Waals surface area contributed by atoms with E-state index in [9.17, 15) is 9.90 Å². The van der Waals surface area contributed by atoms with Gasteiger partial charge in [0.1, 0.15) is 18.2 Å². The largest absolute Gasteiger partial charge is 0.373 e. The lowest BCUT2D eigenvalue weighted by Crippen LogP contribution is -2.38. The Morgan fingerprint density at radius 1 is 1.07 bits per heavy atom. The summed E-state index contributed by atoms with van der Waals surface area (Å²) in [6.45, 7) is 8.72. The lowest BCUT2D eigenvalue weighted by molar-refractivity contribution is 0.101. The van der Waals surface area contributed by atoms with Crippen LogP contribution in [0.5, 0.6) is 0 Å². The Morgan fingerprint density at radius 2 is 1.86 bits per heavy atom. The Balaban J connectivity index is 1.29. The number of aryl methyl sites for hydroxylation is 2. The highest BCUT2D eigenvalue weighted by Crippen LogP contribution is 2.32. The van der Waals surface area contributed by atoms with Gasteiger partial charge in [0.15, 0.2) is 0 Å². The normalized spacial score (nSPS) is 15.6. The van der Waals surface area contributed by atoms with Gasteiger partial charge in [-0.05, 0) is 89.6 Å². The number of unbranched alkanes of at least 4 members (excludes halogenated alkanes) is 1. The van der Waals surface area contributed by atoms with Gasteiger partial charge >= 0.3 is 0 Å². The summed E-state index contributed by atoms with van der Waals surface area (Å²) in [5, 5.41) is 17.5. The highest BCUT2D eigenvalue weighted by atomic mass is 16.3. The number of anilines is 1. The maximum atomic E-state index is 13.3. The zero-order valence-corrected chi connectivity index (χ0v) is 25.0. The van der Waals surface area contributed by atoms with Crippen LogP contribution in [0.2, 0.25) is 0 Å². The molecule has 5 rings (SSSR count). The molecule has 7 nitrogen and oxygen atoms in total. The summed E-state index contributed by atoms with van der Waals surface area (Å²) in [6.07, 6.45) is 9.96. The summed E-state index contributed by atoms with van der Waals surface area (Å²) in [5.41, 5.74) is 8.50. The highest BCUT2D eigenvalue weighted by Gasteiger charge is 2.25. The minimum atomic E-state index is -0.999. The zero-order valence-electron chi connectivity index (χ0n) is 25.0. The molecule has 0 fully saturated rings. The number of fused-ring (bicyclic) bond motifs is 1. The van der Waals surface area contributed by atoms with Crippen LogP contribution in [0.25, 0.3) is 11.1 Å². The van der Waals surface area contributed by atoms with Crippen molar-refractivity contribution >= 4 is 11.6 Å². The van der Waals surface area contributed by atoms with Crippen molar-refractivity contribution in [1.29, 1.82) is 0 Å². The van der Waals surface area contributed by atoms with Gasteiger partial charge < -0.3 is 10.4 Å². The van der Waals surface area contributed by atoms with E-state index < -0.39 is 6.23 Å². The van der Waals surface area contributed by atoms with Crippen LogP contribution in [0.1, 0.15) is 91.6 Å². The van der Waals surface area contributed by atoms with Crippen molar-refractivity contribution in [2.45, 2.75) is 83.9 Å². The number of nitrogens with zero attached hydrogens (tertiary/aromatic N) is 3. The van der Waals surface area contributed by atoms with Crippen LogP contribution in [-0.4, -0.2) is 32.0 Å². The van der Waals surface area contributed by atoms with E-state index in [0.717, 1.165) is 55.3 Å². The molecule has 2 atom stereocenters. The average Bonchev–Trinajstić information content (AvgIpc) is 2.99. The van der Waals surface area contributed by atoms with E-state index in [4.69, 9.17) is 0 Å². The molecule has 218 valence electrons. The average molecular weight is 564 g/mol. The fourth-order valence-corrected chi connectivity index (χ4v) is 5.60. The number of aliphatic hydroxyl groups excluding tert-OH is 1. The molecule has 3 N–H and O–H groups in total. The van der Waals surface area contributed by atoms with Gasteiger partial charge in [0, 0.05) is 29.7 Å². The van der Waals surface area contributed by atoms with E-state index in [-0.39, 0.29) is 23.1 Å². The molecule has 7 heteroatoms. The first-order valence-electron chi connectivity index (χ1n) is 14.9. The number of carbonyl (C=O) groups is 1. The summed E-state index contributed by atoms with van der Waals surface area (Å²) in [7, 11) is 0. The van der Waals surface area contributed by atoms with E-state index in [2.05, 4.69) is 83.6 Å². The molecule has 2 heterocycles. The smallest absolute Gasteiger partial charge is 0.274 e. The van der Waals surface area contributed by atoms with Crippen molar-refractivity contribution in [3.8, 4) is 11.1 Å². The fraction of sp³-hybridized carbons (Fsp3) is 0.371. The second kappa shape index (κ2) is 12.9. The first-order valence-corrected chi connectivity index (χ1v) is 14.9. The molecule has 0 aliphatic heterocycles. The molecular weight excluding hydrogens is 522 g/mol. The molecule has 0 saturated heterocycles. The molecule has 42 heavy (non-hydrogen) atoms. The topological polar surface area (TPSA) is 100 Å². The lowest BCUT2D eigenvalue weighted by atomic mass is 9.84. The van der Waals surface area contributed by atoms with Gasteiger partial charge in [-0.25, -0.2) is 15.0 Å². The number of aromatic nitrogens is 3. The number of nitrogens with one attached hydrogen (secondary N) is 2.